The monoisotopic (exact) mass is 300 g/mol. The van der Waals surface area contributed by atoms with Crippen LogP contribution in [0.5, 0.6) is 0 Å². The van der Waals surface area contributed by atoms with Gasteiger partial charge in [0.2, 0.25) is 11.6 Å². The number of carbonyl (C=O) groups is 1. The summed E-state index contributed by atoms with van der Waals surface area (Å²) in [4.78, 5) is 11.2. The van der Waals surface area contributed by atoms with Crippen LogP contribution in [0.15, 0.2) is 12.2 Å². The summed E-state index contributed by atoms with van der Waals surface area (Å²) in [6.07, 6.45) is 3.62. The van der Waals surface area contributed by atoms with Gasteiger partial charge in [-0.3, -0.25) is 4.79 Å². The third kappa shape index (κ3) is 2.85. The molecule has 5 atom stereocenters. The first-order chi connectivity index (χ1) is 9.67. The molecular weight excluding hydrogens is 276 g/mol. The molecule has 1 heterocycles. The van der Waals surface area contributed by atoms with Crippen LogP contribution in [0, 0.1) is 0 Å². The minimum atomic E-state index is -1.05. The van der Waals surface area contributed by atoms with E-state index in [9.17, 15) is 4.79 Å². The maximum Gasteiger partial charge on any atom is 0.303 e. The van der Waals surface area contributed by atoms with E-state index in [0.29, 0.717) is 6.42 Å². The predicted molar refractivity (Wildman–Crippen MR) is 74.5 cm³/mol. The molecule has 0 spiro atoms. The molecule has 0 radical (unpaired) electrons. The Kier molecular flexibility index (Phi) is 4.19. The van der Waals surface area contributed by atoms with E-state index in [1.165, 1.54) is 6.92 Å². The average molecular weight is 300 g/mol. The highest BCUT2D eigenvalue weighted by atomic mass is 16.8. The molecule has 1 fully saturated rings. The standard InChI is InChI=1S/C15H24O6/c1-10(16)19-13(2)8-7-11-12(9-13)21-15(4,18-6)14(3,17-5)20-11/h7-8,11-12H,9H2,1-6H3/t11-,12-,13-,14+,15+/m1/s1. The first kappa shape index (κ1) is 16.4. The SMILES string of the molecule is CO[C@@]1(C)O[C@@H]2C=C[C@@](C)(OC(C)=O)C[C@H]2O[C@]1(C)OC. The van der Waals surface area contributed by atoms with Crippen LogP contribution >= 0.6 is 0 Å². The Morgan fingerprint density at radius 3 is 2.24 bits per heavy atom. The molecule has 2 rings (SSSR count). The van der Waals surface area contributed by atoms with Gasteiger partial charge in [0.25, 0.3) is 0 Å². The number of esters is 1. The van der Waals surface area contributed by atoms with Gasteiger partial charge in [0, 0.05) is 27.6 Å². The summed E-state index contributed by atoms with van der Waals surface area (Å²) in [6.45, 7) is 6.79. The Morgan fingerprint density at radius 2 is 1.71 bits per heavy atom. The number of methoxy groups -OCH3 is 2. The molecule has 1 aliphatic heterocycles. The maximum atomic E-state index is 11.2. The lowest BCUT2D eigenvalue weighted by Crippen LogP contribution is -2.66. The molecule has 2 aliphatic rings. The van der Waals surface area contributed by atoms with Crippen molar-refractivity contribution in [3.05, 3.63) is 12.2 Å². The molecule has 0 amide bonds. The zero-order valence-corrected chi connectivity index (χ0v) is 13.5. The molecule has 6 nitrogen and oxygen atoms in total. The van der Waals surface area contributed by atoms with E-state index < -0.39 is 17.2 Å². The van der Waals surface area contributed by atoms with Crippen LogP contribution in [0.2, 0.25) is 0 Å². The van der Waals surface area contributed by atoms with Crippen LogP contribution in [0.3, 0.4) is 0 Å². The van der Waals surface area contributed by atoms with Crippen LogP contribution in [0.25, 0.3) is 0 Å². The second-order valence-electron chi connectivity index (χ2n) is 6.01. The van der Waals surface area contributed by atoms with Crippen LogP contribution in [0.4, 0.5) is 0 Å². The van der Waals surface area contributed by atoms with Gasteiger partial charge < -0.3 is 23.7 Å². The summed E-state index contributed by atoms with van der Waals surface area (Å²) in [6, 6.07) is 0. The van der Waals surface area contributed by atoms with E-state index in [1.807, 2.05) is 19.1 Å². The summed E-state index contributed by atoms with van der Waals surface area (Å²) < 4.78 is 28.4. The Labute approximate surface area is 125 Å². The van der Waals surface area contributed by atoms with Crippen molar-refractivity contribution in [2.75, 3.05) is 14.2 Å². The van der Waals surface area contributed by atoms with E-state index >= 15 is 0 Å². The van der Waals surface area contributed by atoms with Gasteiger partial charge in [-0.05, 0) is 26.8 Å². The zero-order valence-electron chi connectivity index (χ0n) is 13.5. The molecule has 1 aliphatic carbocycles. The molecule has 0 unspecified atom stereocenters. The van der Waals surface area contributed by atoms with Crippen molar-refractivity contribution < 1.29 is 28.5 Å². The molecule has 1 saturated heterocycles. The maximum absolute atomic E-state index is 11.2. The second-order valence-corrected chi connectivity index (χ2v) is 6.01. The van der Waals surface area contributed by atoms with Gasteiger partial charge in [0.1, 0.15) is 11.7 Å². The van der Waals surface area contributed by atoms with Crippen molar-refractivity contribution in [3.63, 3.8) is 0 Å². The summed E-state index contributed by atoms with van der Waals surface area (Å²) >= 11 is 0. The second kappa shape index (κ2) is 5.35. The van der Waals surface area contributed by atoms with Gasteiger partial charge in [0.05, 0.1) is 6.10 Å². The molecule has 6 heteroatoms. The van der Waals surface area contributed by atoms with Gasteiger partial charge in [-0.1, -0.05) is 6.08 Å². The van der Waals surface area contributed by atoms with E-state index in [0.717, 1.165) is 0 Å². The largest absolute Gasteiger partial charge is 0.455 e. The highest BCUT2D eigenvalue weighted by Gasteiger charge is 2.57. The van der Waals surface area contributed by atoms with Gasteiger partial charge in [-0.15, -0.1) is 0 Å². The number of hydrogen-bond donors (Lipinski definition) is 0. The first-order valence-electron chi connectivity index (χ1n) is 7.02. The van der Waals surface area contributed by atoms with Gasteiger partial charge >= 0.3 is 5.97 Å². The zero-order chi connectivity index (χ0) is 15.9. The van der Waals surface area contributed by atoms with Crippen molar-refractivity contribution in [2.45, 2.75) is 63.5 Å². The lowest BCUT2D eigenvalue weighted by atomic mass is 9.87. The summed E-state index contributed by atoms with van der Waals surface area (Å²) in [5, 5.41) is 0. The van der Waals surface area contributed by atoms with Crippen LogP contribution < -0.4 is 0 Å². The minimum Gasteiger partial charge on any atom is -0.455 e. The predicted octanol–water partition coefficient (Wildman–Crippen LogP) is 1.78. The third-order valence-electron chi connectivity index (χ3n) is 4.33. The molecule has 0 N–H and O–H groups in total. The smallest absolute Gasteiger partial charge is 0.303 e. The van der Waals surface area contributed by atoms with Gasteiger partial charge in [0.15, 0.2) is 0 Å². The number of rotatable bonds is 3. The quantitative estimate of drug-likeness (QED) is 0.585. The third-order valence-corrected chi connectivity index (χ3v) is 4.33. The molecule has 0 aromatic rings. The number of hydrogen-bond acceptors (Lipinski definition) is 6. The Hall–Kier alpha value is -0.950. The van der Waals surface area contributed by atoms with Gasteiger partial charge in [-0.25, -0.2) is 0 Å². The Balaban J connectivity index is 2.25. The number of fused-ring (bicyclic) bond motifs is 1. The lowest BCUT2D eigenvalue weighted by Gasteiger charge is -2.53. The molecule has 21 heavy (non-hydrogen) atoms. The Morgan fingerprint density at radius 1 is 1.14 bits per heavy atom. The molecule has 0 aromatic carbocycles. The summed E-state index contributed by atoms with van der Waals surface area (Å²) in [5.74, 6) is -2.40. The topological polar surface area (TPSA) is 63.2 Å². The van der Waals surface area contributed by atoms with Crippen LogP contribution in [-0.2, 0) is 28.5 Å². The van der Waals surface area contributed by atoms with E-state index in [2.05, 4.69) is 0 Å². The first-order valence-corrected chi connectivity index (χ1v) is 7.02. The summed E-state index contributed by atoms with van der Waals surface area (Å²) in [5.41, 5.74) is -0.703. The van der Waals surface area contributed by atoms with Crippen molar-refractivity contribution in [1.82, 2.24) is 0 Å². The molecule has 120 valence electrons. The van der Waals surface area contributed by atoms with Gasteiger partial charge in [-0.2, -0.15) is 0 Å². The Bertz CT molecular complexity index is 449. The van der Waals surface area contributed by atoms with Crippen molar-refractivity contribution >= 4 is 5.97 Å². The highest BCUT2D eigenvalue weighted by molar-refractivity contribution is 5.66. The highest BCUT2D eigenvalue weighted by Crippen LogP contribution is 2.43. The fourth-order valence-electron chi connectivity index (χ4n) is 2.86. The van der Waals surface area contributed by atoms with Crippen molar-refractivity contribution in [1.29, 1.82) is 0 Å². The molecule has 0 bridgehead atoms. The average Bonchev–Trinajstić information content (AvgIpc) is 2.39. The number of carbonyl (C=O) groups excluding carboxylic acids is 1. The molecule has 0 aromatic heterocycles. The number of ether oxygens (including phenoxy) is 5. The van der Waals surface area contributed by atoms with E-state index in [1.54, 1.807) is 28.1 Å². The van der Waals surface area contributed by atoms with Crippen LogP contribution in [0.1, 0.15) is 34.1 Å². The lowest BCUT2D eigenvalue weighted by molar-refractivity contribution is -0.445. The van der Waals surface area contributed by atoms with Crippen molar-refractivity contribution in [3.8, 4) is 0 Å². The summed E-state index contributed by atoms with van der Waals surface area (Å²) in [7, 11) is 3.10. The normalized spacial score (nSPS) is 46.0. The fraction of sp³-hybridized carbons (Fsp3) is 0.800. The van der Waals surface area contributed by atoms with E-state index in [4.69, 9.17) is 23.7 Å². The molecular formula is C15H24O6. The van der Waals surface area contributed by atoms with Crippen molar-refractivity contribution in [2.24, 2.45) is 0 Å². The minimum absolute atomic E-state index is 0.276. The van der Waals surface area contributed by atoms with Crippen LogP contribution in [-0.4, -0.2) is 49.6 Å². The fourth-order valence-corrected chi connectivity index (χ4v) is 2.86. The molecule has 0 saturated carbocycles. The van der Waals surface area contributed by atoms with E-state index in [-0.39, 0.29) is 18.2 Å².